The predicted molar refractivity (Wildman–Crippen MR) is 76.9 cm³/mol. The highest BCUT2D eigenvalue weighted by atomic mass is 19.1. The van der Waals surface area contributed by atoms with Crippen LogP contribution in [0.15, 0.2) is 18.2 Å². The van der Waals surface area contributed by atoms with Crippen molar-refractivity contribution in [1.82, 2.24) is 0 Å². The van der Waals surface area contributed by atoms with E-state index in [0.29, 0.717) is 11.5 Å². The van der Waals surface area contributed by atoms with E-state index >= 15 is 0 Å². The van der Waals surface area contributed by atoms with Gasteiger partial charge in [0.25, 0.3) is 0 Å². The molecule has 1 aromatic rings. The lowest BCUT2D eigenvalue weighted by Crippen LogP contribution is -2.28. The van der Waals surface area contributed by atoms with Crippen molar-refractivity contribution in [3.63, 3.8) is 0 Å². The topological polar surface area (TPSA) is 23.5 Å². The Balaban J connectivity index is 2.13. The Labute approximate surface area is 115 Å². The number of hydrogen-bond acceptors (Lipinski definition) is 2. The maximum absolute atomic E-state index is 13.9. The van der Waals surface area contributed by atoms with Crippen LogP contribution < -0.4 is 4.90 Å². The number of benzene rings is 1. The lowest BCUT2D eigenvalue weighted by Gasteiger charge is -2.30. The molecule has 0 saturated heterocycles. The highest BCUT2D eigenvalue weighted by molar-refractivity contribution is 5.54. The van der Waals surface area contributed by atoms with Gasteiger partial charge in [-0.2, -0.15) is 0 Å². The van der Waals surface area contributed by atoms with Gasteiger partial charge in [-0.15, -0.1) is 0 Å². The molecule has 2 nitrogen and oxygen atoms in total. The van der Waals surface area contributed by atoms with Gasteiger partial charge in [-0.3, -0.25) is 0 Å². The number of aliphatic hydroxyl groups excluding tert-OH is 1. The molecular weight excluding hydrogens is 241 g/mol. The van der Waals surface area contributed by atoms with Gasteiger partial charge in [-0.1, -0.05) is 25.3 Å². The second-order valence-corrected chi connectivity index (χ2v) is 5.73. The van der Waals surface area contributed by atoms with Crippen LogP contribution in [0.2, 0.25) is 0 Å². The summed E-state index contributed by atoms with van der Waals surface area (Å²) in [5, 5.41) is 9.77. The fourth-order valence-electron chi connectivity index (χ4n) is 3.13. The molecule has 0 amide bonds. The Bertz CT molecular complexity index is 413. The summed E-state index contributed by atoms with van der Waals surface area (Å²) >= 11 is 0. The van der Waals surface area contributed by atoms with Gasteiger partial charge in [0.05, 0.1) is 6.10 Å². The van der Waals surface area contributed by atoms with E-state index in [1.807, 2.05) is 13.1 Å². The normalized spacial score (nSPS) is 18.3. The summed E-state index contributed by atoms with van der Waals surface area (Å²) in [5.74, 6) is 0.381. The molecule has 1 fully saturated rings. The zero-order chi connectivity index (χ0) is 13.8. The molecule has 0 heterocycles. The molecule has 0 radical (unpaired) electrons. The maximum atomic E-state index is 13.9. The number of nitrogens with zero attached hydrogens (tertiary/aromatic N) is 1. The Hall–Kier alpha value is -1.09. The molecule has 106 valence electrons. The van der Waals surface area contributed by atoms with Crippen LogP contribution in [-0.2, 0) is 0 Å². The third kappa shape index (κ3) is 3.47. The van der Waals surface area contributed by atoms with E-state index in [0.717, 1.165) is 12.2 Å². The van der Waals surface area contributed by atoms with Crippen LogP contribution in [0.3, 0.4) is 0 Å². The van der Waals surface area contributed by atoms with Gasteiger partial charge < -0.3 is 10.0 Å². The van der Waals surface area contributed by atoms with Gasteiger partial charge in [-0.25, -0.2) is 4.39 Å². The van der Waals surface area contributed by atoms with Gasteiger partial charge in [0.15, 0.2) is 0 Å². The van der Waals surface area contributed by atoms with Gasteiger partial charge in [-0.05, 0) is 37.8 Å². The standard InChI is InChI=1S/C16H24FNO/c1-12(19)16-14(17)9-6-10-15(16)18(2)11-13-7-4-3-5-8-13/h6,9-10,12-13,19H,3-5,7-8,11H2,1-2H3/t12-/m1/s1. The zero-order valence-electron chi connectivity index (χ0n) is 11.9. The van der Waals surface area contributed by atoms with Crippen LogP contribution in [0.4, 0.5) is 10.1 Å². The molecule has 3 heteroatoms. The molecule has 0 bridgehead atoms. The van der Waals surface area contributed by atoms with Crippen molar-refractivity contribution in [1.29, 1.82) is 0 Å². The minimum absolute atomic E-state index is 0.317. The summed E-state index contributed by atoms with van der Waals surface area (Å²) in [6.45, 7) is 2.57. The molecule has 0 spiro atoms. The number of aliphatic hydroxyl groups is 1. The molecule has 1 saturated carbocycles. The molecule has 1 N–H and O–H groups in total. The van der Waals surface area contributed by atoms with Crippen LogP contribution in [0, 0.1) is 11.7 Å². The molecule has 19 heavy (non-hydrogen) atoms. The number of anilines is 1. The van der Waals surface area contributed by atoms with E-state index < -0.39 is 6.10 Å². The van der Waals surface area contributed by atoms with E-state index in [1.54, 1.807) is 13.0 Å². The molecule has 2 rings (SSSR count). The molecule has 0 aromatic heterocycles. The van der Waals surface area contributed by atoms with E-state index in [4.69, 9.17) is 0 Å². The van der Waals surface area contributed by atoms with Crippen molar-refractivity contribution in [2.75, 3.05) is 18.5 Å². The first-order chi connectivity index (χ1) is 9.09. The van der Waals surface area contributed by atoms with Crippen LogP contribution in [0.5, 0.6) is 0 Å². The Morgan fingerprint density at radius 1 is 1.32 bits per heavy atom. The highest BCUT2D eigenvalue weighted by Gasteiger charge is 2.20. The molecular formula is C16H24FNO. The van der Waals surface area contributed by atoms with Crippen molar-refractivity contribution in [2.45, 2.75) is 45.1 Å². The third-order valence-corrected chi connectivity index (χ3v) is 4.12. The largest absolute Gasteiger partial charge is 0.389 e. The Morgan fingerprint density at radius 3 is 2.63 bits per heavy atom. The van der Waals surface area contributed by atoms with Gasteiger partial charge in [0.2, 0.25) is 0 Å². The Kier molecular flexibility index (Phi) is 4.81. The van der Waals surface area contributed by atoms with Crippen LogP contribution in [0.25, 0.3) is 0 Å². The second-order valence-electron chi connectivity index (χ2n) is 5.73. The summed E-state index contributed by atoms with van der Waals surface area (Å²) in [4.78, 5) is 2.10. The quantitative estimate of drug-likeness (QED) is 0.892. The maximum Gasteiger partial charge on any atom is 0.131 e. The summed E-state index contributed by atoms with van der Waals surface area (Å²) in [6.07, 6.45) is 5.73. The third-order valence-electron chi connectivity index (χ3n) is 4.12. The van der Waals surface area contributed by atoms with E-state index in [2.05, 4.69) is 4.90 Å². The average Bonchev–Trinajstić information content (AvgIpc) is 2.39. The number of rotatable bonds is 4. The highest BCUT2D eigenvalue weighted by Crippen LogP contribution is 2.31. The molecule has 1 aliphatic carbocycles. The first kappa shape index (κ1) is 14.3. The monoisotopic (exact) mass is 265 g/mol. The van der Waals surface area contributed by atoms with E-state index in [9.17, 15) is 9.50 Å². The lowest BCUT2D eigenvalue weighted by atomic mass is 9.89. The van der Waals surface area contributed by atoms with Crippen molar-refractivity contribution in [2.24, 2.45) is 5.92 Å². The number of halogens is 1. The predicted octanol–water partition coefficient (Wildman–Crippen LogP) is 3.90. The number of hydrogen-bond donors (Lipinski definition) is 1. The van der Waals surface area contributed by atoms with Crippen LogP contribution in [-0.4, -0.2) is 18.7 Å². The fourth-order valence-corrected chi connectivity index (χ4v) is 3.13. The second kappa shape index (κ2) is 6.38. The van der Waals surface area contributed by atoms with Crippen LogP contribution >= 0.6 is 0 Å². The SMILES string of the molecule is C[C@@H](O)c1c(F)cccc1N(C)CC1CCCCC1. The first-order valence-electron chi connectivity index (χ1n) is 7.27. The van der Waals surface area contributed by atoms with Gasteiger partial charge >= 0.3 is 0 Å². The smallest absolute Gasteiger partial charge is 0.131 e. The fraction of sp³-hybridized carbons (Fsp3) is 0.625. The van der Waals surface area contributed by atoms with Gasteiger partial charge in [0, 0.05) is 24.8 Å². The van der Waals surface area contributed by atoms with Crippen molar-refractivity contribution in [3.8, 4) is 0 Å². The molecule has 0 unspecified atom stereocenters. The minimum Gasteiger partial charge on any atom is -0.389 e. The first-order valence-corrected chi connectivity index (χ1v) is 7.27. The Morgan fingerprint density at radius 2 is 2.00 bits per heavy atom. The molecule has 1 aromatic carbocycles. The molecule has 1 aliphatic rings. The lowest BCUT2D eigenvalue weighted by molar-refractivity contribution is 0.194. The van der Waals surface area contributed by atoms with Crippen molar-refractivity contribution in [3.05, 3.63) is 29.6 Å². The van der Waals surface area contributed by atoms with Crippen LogP contribution in [0.1, 0.15) is 50.7 Å². The van der Waals surface area contributed by atoms with E-state index in [-0.39, 0.29) is 5.82 Å². The molecule has 1 atom stereocenters. The van der Waals surface area contributed by atoms with Gasteiger partial charge in [0.1, 0.15) is 5.82 Å². The summed E-state index contributed by atoms with van der Waals surface area (Å²) in [7, 11) is 2.00. The minimum atomic E-state index is -0.773. The average molecular weight is 265 g/mol. The van der Waals surface area contributed by atoms with Crippen molar-refractivity contribution >= 4 is 5.69 Å². The summed E-state index contributed by atoms with van der Waals surface area (Å²) < 4.78 is 13.9. The van der Waals surface area contributed by atoms with E-state index in [1.165, 1.54) is 38.2 Å². The summed E-state index contributed by atoms with van der Waals surface area (Å²) in [5.41, 5.74) is 1.24. The van der Waals surface area contributed by atoms with Crippen molar-refractivity contribution < 1.29 is 9.50 Å². The zero-order valence-corrected chi connectivity index (χ0v) is 11.9. The summed E-state index contributed by atoms with van der Waals surface area (Å²) in [6, 6.07) is 5.03. The molecule has 0 aliphatic heterocycles.